The minimum absolute atomic E-state index is 0.0135. The van der Waals surface area contributed by atoms with Crippen molar-refractivity contribution >= 4 is 17.6 Å². The van der Waals surface area contributed by atoms with Crippen LogP contribution in [-0.2, 0) is 4.79 Å². The van der Waals surface area contributed by atoms with Crippen LogP contribution < -0.4 is 10.6 Å². The molecule has 0 unspecified atom stereocenters. The lowest BCUT2D eigenvalue weighted by atomic mass is 10.1. The normalized spacial score (nSPS) is 16.2. The molecule has 6 nitrogen and oxygen atoms in total. The van der Waals surface area contributed by atoms with E-state index in [0.717, 1.165) is 38.7 Å². The van der Waals surface area contributed by atoms with Crippen LogP contribution in [0.4, 0.5) is 10.1 Å². The van der Waals surface area contributed by atoms with E-state index < -0.39 is 17.3 Å². The SMILES string of the molecule is O=C(CN1CCCNCC1)Nc1cccc(F)c1C(=O)O. The number of nitrogens with one attached hydrogen (secondary N) is 2. The smallest absolute Gasteiger partial charge is 0.340 e. The number of benzene rings is 1. The van der Waals surface area contributed by atoms with Crippen molar-refractivity contribution in [2.75, 3.05) is 38.0 Å². The third-order valence-electron chi connectivity index (χ3n) is 3.30. The summed E-state index contributed by atoms with van der Waals surface area (Å²) >= 11 is 0. The Morgan fingerprint density at radius 2 is 2.14 bits per heavy atom. The van der Waals surface area contributed by atoms with Gasteiger partial charge in [-0.05, 0) is 31.6 Å². The highest BCUT2D eigenvalue weighted by Gasteiger charge is 2.18. The maximum atomic E-state index is 13.5. The summed E-state index contributed by atoms with van der Waals surface area (Å²) in [7, 11) is 0. The predicted molar refractivity (Wildman–Crippen MR) is 75.9 cm³/mol. The molecule has 1 amide bonds. The van der Waals surface area contributed by atoms with Crippen LogP contribution in [0.25, 0.3) is 0 Å². The molecule has 1 aliphatic rings. The molecule has 0 atom stereocenters. The molecule has 1 aliphatic heterocycles. The van der Waals surface area contributed by atoms with E-state index >= 15 is 0 Å². The highest BCUT2D eigenvalue weighted by molar-refractivity contribution is 6.01. The van der Waals surface area contributed by atoms with Crippen molar-refractivity contribution in [1.29, 1.82) is 0 Å². The summed E-state index contributed by atoms with van der Waals surface area (Å²) < 4.78 is 13.5. The van der Waals surface area contributed by atoms with Gasteiger partial charge < -0.3 is 15.7 Å². The van der Waals surface area contributed by atoms with E-state index in [-0.39, 0.29) is 18.1 Å². The van der Waals surface area contributed by atoms with E-state index in [4.69, 9.17) is 5.11 Å². The molecule has 7 heteroatoms. The second-order valence-electron chi connectivity index (χ2n) is 4.90. The van der Waals surface area contributed by atoms with Crippen LogP contribution in [0.3, 0.4) is 0 Å². The minimum Gasteiger partial charge on any atom is -0.478 e. The van der Waals surface area contributed by atoms with Gasteiger partial charge in [-0.2, -0.15) is 0 Å². The molecule has 3 N–H and O–H groups in total. The van der Waals surface area contributed by atoms with Crippen LogP contribution in [0.15, 0.2) is 18.2 Å². The number of carbonyl (C=O) groups is 2. The Morgan fingerprint density at radius 3 is 2.90 bits per heavy atom. The topological polar surface area (TPSA) is 81.7 Å². The molecule has 1 aromatic rings. The van der Waals surface area contributed by atoms with Crippen molar-refractivity contribution in [3.63, 3.8) is 0 Å². The zero-order valence-electron chi connectivity index (χ0n) is 11.6. The van der Waals surface area contributed by atoms with E-state index in [2.05, 4.69) is 10.6 Å². The Hall–Kier alpha value is -1.99. The second-order valence-corrected chi connectivity index (χ2v) is 4.90. The van der Waals surface area contributed by atoms with Crippen LogP contribution in [0.5, 0.6) is 0 Å². The standard InChI is InChI=1S/C14H18FN3O3/c15-10-3-1-4-11(13(10)14(20)21)17-12(19)9-18-7-2-5-16-6-8-18/h1,3-4,16H,2,5-9H2,(H,17,19)(H,20,21). The molecule has 0 bridgehead atoms. The second kappa shape index (κ2) is 7.14. The lowest BCUT2D eigenvalue weighted by Crippen LogP contribution is -2.36. The molecule has 1 fully saturated rings. The van der Waals surface area contributed by atoms with Crippen LogP contribution in [-0.4, -0.2) is 54.6 Å². The van der Waals surface area contributed by atoms with Crippen molar-refractivity contribution in [2.45, 2.75) is 6.42 Å². The predicted octanol–water partition coefficient (Wildman–Crippen LogP) is 0.758. The van der Waals surface area contributed by atoms with Crippen molar-refractivity contribution in [2.24, 2.45) is 0 Å². The van der Waals surface area contributed by atoms with Crippen molar-refractivity contribution in [3.05, 3.63) is 29.6 Å². The number of carboxylic acids is 1. The molecule has 0 aliphatic carbocycles. The Morgan fingerprint density at radius 1 is 1.33 bits per heavy atom. The molecular weight excluding hydrogens is 277 g/mol. The fourth-order valence-corrected chi connectivity index (χ4v) is 2.30. The van der Waals surface area contributed by atoms with Gasteiger partial charge in [0.05, 0.1) is 12.2 Å². The molecular formula is C14H18FN3O3. The summed E-state index contributed by atoms with van der Waals surface area (Å²) in [5.74, 6) is -2.60. The summed E-state index contributed by atoms with van der Waals surface area (Å²) in [6.07, 6.45) is 0.952. The lowest BCUT2D eigenvalue weighted by Gasteiger charge is -2.19. The van der Waals surface area contributed by atoms with Gasteiger partial charge in [-0.15, -0.1) is 0 Å². The molecule has 1 saturated heterocycles. The third-order valence-corrected chi connectivity index (χ3v) is 3.30. The molecule has 2 rings (SSSR count). The van der Waals surface area contributed by atoms with Crippen LogP contribution in [0, 0.1) is 5.82 Å². The van der Waals surface area contributed by atoms with Gasteiger partial charge in [-0.25, -0.2) is 9.18 Å². The van der Waals surface area contributed by atoms with Crippen LogP contribution >= 0.6 is 0 Å². The number of halogens is 1. The summed E-state index contributed by atoms with van der Waals surface area (Å²) in [4.78, 5) is 25.0. The lowest BCUT2D eigenvalue weighted by molar-refractivity contribution is -0.117. The fraction of sp³-hybridized carbons (Fsp3) is 0.429. The van der Waals surface area contributed by atoms with Gasteiger partial charge in [0.2, 0.25) is 5.91 Å². The van der Waals surface area contributed by atoms with Crippen molar-refractivity contribution < 1.29 is 19.1 Å². The molecule has 21 heavy (non-hydrogen) atoms. The monoisotopic (exact) mass is 295 g/mol. The van der Waals surface area contributed by atoms with Gasteiger partial charge in [-0.1, -0.05) is 6.07 Å². The van der Waals surface area contributed by atoms with E-state index in [0.29, 0.717) is 0 Å². The maximum absolute atomic E-state index is 13.5. The highest BCUT2D eigenvalue weighted by Crippen LogP contribution is 2.18. The van der Waals surface area contributed by atoms with Gasteiger partial charge in [0.1, 0.15) is 11.4 Å². The number of aromatic carboxylic acids is 1. The van der Waals surface area contributed by atoms with E-state index in [1.807, 2.05) is 4.90 Å². The molecule has 0 saturated carbocycles. The number of hydrogen-bond acceptors (Lipinski definition) is 4. The molecule has 1 aromatic carbocycles. The first-order valence-electron chi connectivity index (χ1n) is 6.82. The number of carboxylic acid groups (broad SMARTS) is 1. The van der Waals surface area contributed by atoms with Crippen LogP contribution in [0.2, 0.25) is 0 Å². The largest absolute Gasteiger partial charge is 0.478 e. The zero-order valence-corrected chi connectivity index (χ0v) is 11.6. The summed E-state index contributed by atoms with van der Waals surface area (Å²) in [6, 6.07) is 3.81. The number of carbonyl (C=O) groups excluding carboxylic acids is 1. The molecule has 0 aromatic heterocycles. The van der Waals surface area contributed by atoms with Gasteiger partial charge in [0.15, 0.2) is 0 Å². The summed E-state index contributed by atoms with van der Waals surface area (Å²) in [5, 5.41) is 14.7. The first-order valence-corrected chi connectivity index (χ1v) is 6.82. The van der Waals surface area contributed by atoms with Crippen molar-refractivity contribution in [1.82, 2.24) is 10.2 Å². The van der Waals surface area contributed by atoms with E-state index in [1.54, 1.807) is 0 Å². The van der Waals surface area contributed by atoms with Crippen molar-refractivity contribution in [3.8, 4) is 0 Å². The fourth-order valence-electron chi connectivity index (χ4n) is 2.30. The average molecular weight is 295 g/mol. The van der Waals surface area contributed by atoms with Gasteiger partial charge in [-0.3, -0.25) is 9.69 Å². The molecule has 0 radical (unpaired) electrons. The Balaban J connectivity index is 2.02. The molecule has 1 heterocycles. The quantitative estimate of drug-likeness (QED) is 0.764. The Bertz CT molecular complexity index is 528. The van der Waals surface area contributed by atoms with E-state index in [1.165, 1.54) is 12.1 Å². The summed E-state index contributed by atoms with van der Waals surface area (Å²) in [6.45, 7) is 3.45. The number of amides is 1. The number of hydrogen-bond donors (Lipinski definition) is 3. The zero-order chi connectivity index (χ0) is 15.2. The van der Waals surface area contributed by atoms with Gasteiger partial charge in [0, 0.05) is 13.1 Å². The Labute approximate surface area is 121 Å². The first kappa shape index (κ1) is 15.4. The highest BCUT2D eigenvalue weighted by atomic mass is 19.1. The van der Waals surface area contributed by atoms with Gasteiger partial charge in [0.25, 0.3) is 0 Å². The average Bonchev–Trinajstić information content (AvgIpc) is 2.66. The van der Waals surface area contributed by atoms with E-state index in [9.17, 15) is 14.0 Å². The number of rotatable bonds is 4. The first-order chi connectivity index (χ1) is 10.1. The Kier molecular flexibility index (Phi) is 5.24. The third kappa shape index (κ3) is 4.24. The molecule has 0 spiro atoms. The molecule has 114 valence electrons. The summed E-state index contributed by atoms with van der Waals surface area (Å²) in [5.41, 5.74) is -0.524. The maximum Gasteiger partial charge on any atom is 0.340 e. The van der Waals surface area contributed by atoms with Gasteiger partial charge >= 0.3 is 5.97 Å². The number of nitrogens with zero attached hydrogens (tertiary/aromatic N) is 1. The number of anilines is 1. The van der Waals surface area contributed by atoms with Crippen LogP contribution in [0.1, 0.15) is 16.8 Å². The minimum atomic E-state index is -1.40.